The van der Waals surface area contributed by atoms with Crippen LogP contribution in [0.5, 0.6) is 0 Å². The number of carbonyl (C=O) groups excluding carboxylic acids is 3. The first-order valence-corrected chi connectivity index (χ1v) is 12.3. The number of alkyl halides is 3. The number of rotatable bonds is 6. The summed E-state index contributed by atoms with van der Waals surface area (Å²) in [5.74, 6) is -0.519. The van der Waals surface area contributed by atoms with E-state index >= 15 is 0 Å². The average molecular weight is 513 g/mol. The molecule has 2 aliphatic rings. The number of amides is 2. The number of benzene rings is 1. The molecule has 0 unspecified atom stereocenters. The predicted molar refractivity (Wildman–Crippen MR) is 126 cm³/mol. The molecule has 1 saturated carbocycles. The van der Waals surface area contributed by atoms with Gasteiger partial charge in [0.25, 0.3) is 0 Å². The number of hydrogen-bond acceptors (Lipinski definition) is 5. The maximum absolute atomic E-state index is 13.9. The van der Waals surface area contributed by atoms with E-state index < -0.39 is 28.8 Å². The lowest BCUT2D eigenvalue weighted by atomic mass is 9.78. The van der Waals surface area contributed by atoms with Gasteiger partial charge >= 0.3 is 18.2 Å². The Kier molecular flexibility index (Phi) is 8.25. The normalized spacial score (nSPS) is 22.1. The number of nitrogens with one attached hydrogen (secondary N) is 1. The van der Waals surface area contributed by atoms with Crippen LogP contribution in [0.2, 0.25) is 0 Å². The van der Waals surface area contributed by atoms with Crippen molar-refractivity contribution in [2.24, 2.45) is 5.41 Å². The first-order valence-electron chi connectivity index (χ1n) is 12.3. The van der Waals surface area contributed by atoms with Crippen LogP contribution in [-0.4, -0.2) is 48.2 Å². The fourth-order valence-electron chi connectivity index (χ4n) is 5.17. The van der Waals surface area contributed by atoms with Gasteiger partial charge in [0, 0.05) is 25.6 Å². The van der Waals surface area contributed by atoms with Crippen LogP contribution in [0, 0.1) is 5.41 Å². The van der Waals surface area contributed by atoms with Crippen LogP contribution in [0.1, 0.15) is 76.0 Å². The highest BCUT2D eigenvalue weighted by Crippen LogP contribution is 2.45. The minimum atomic E-state index is -4.46. The molecule has 1 aliphatic heterocycles. The third-order valence-corrected chi connectivity index (χ3v) is 6.88. The summed E-state index contributed by atoms with van der Waals surface area (Å²) >= 11 is 0. The van der Waals surface area contributed by atoms with Gasteiger partial charge < -0.3 is 19.7 Å². The highest BCUT2D eigenvalue weighted by Gasteiger charge is 2.47. The van der Waals surface area contributed by atoms with Gasteiger partial charge in [0.15, 0.2) is 0 Å². The van der Waals surface area contributed by atoms with E-state index in [1.807, 2.05) is 0 Å². The Bertz CT molecular complexity index is 989. The van der Waals surface area contributed by atoms with E-state index in [9.17, 15) is 27.6 Å². The lowest BCUT2D eigenvalue weighted by molar-refractivity contribution is -0.145. The van der Waals surface area contributed by atoms with Crippen molar-refractivity contribution in [3.63, 3.8) is 0 Å². The molecule has 3 rings (SSSR count). The summed E-state index contributed by atoms with van der Waals surface area (Å²) < 4.78 is 49.8. The lowest BCUT2D eigenvalue weighted by Crippen LogP contribution is -2.46. The number of hydrogen-bond donors (Lipinski definition) is 1. The molecule has 0 bridgehead atoms. The quantitative estimate of drug-likeness (QED) is 0.543. The van der Waals surface area contributed by atoms with E-state index in [1.165, 1.54) is 13.2 Å². The van der Waals surface area contributed by atoms with Crippen LogP contribution in [-0.2, 0) is 38.2 Å². The molecular weight excluding hydrogens is 477 g/mol. The molecule has 1 aliphatic carbocycles. The number of methoxy groups -OCH3 is 1. The van der Waals surface area contributed by atoms with Crippen LogP contribution in [0.4, 0.5) is 18.0 Å². The Hall–Kier alpha value is -2.78. The van der Waals surface area contributed by atoms with E-state index in [2.05, 4.69) is 5.32 Å². The van der Waals surface area contributed by atoms with Gasteiger partial charge in [-0.2, -0.15) is 13.2 Å². The molecule has 1 aromatic rings. The second-order valence-electron chi connectivity index (χ2n) is 10.8. The summed E-state index contributed by atoms with van der Waals surface area (Å²) in [6.45, 7) is 5.79. The van der Waals surface area contributed by atoms with Crippen molar-refractivity contribution in [3.8, 4) is 0 Å². The number of ether oxygens (including phenoxy) is 2. The molecule has 2 amide bonds. The predicted octanol–water partition coefficient (Wildman–Crippen LogP) is 5.00. The molecule has 7 nitrogen and oxygen atoms in total. The SMILES string of the molecule is COC(=O)CCC[C@]1(C(=O)N2CCc3ccc(C(F)(F)F)cc3C2)CC[C@@H](NC(=O)OC(C)(C)C)C1. The van der Waals surface area contributed by atoms with Gasteiger partial charge in [-0.05, 0) is 82.6 Å². The first-order chi connectivity index (χ1) is 16.7. The monoisotopic (exact) mass is 512 g/mol. The zero-order valence-electron chi connectivity index (χ0n) is 21.3. The minimum absolute atomic E-state index is 0.0982. The third kappa shape index (κ3) is 6.91. The van der Waals surface area contributed by atoms with Gasteiger partial charge in [-0.25, -0.2) is 4.79 Å². The van der Waals surface area contributed by atoms with Gasteiger partial charge in [-0.1, -0.05) is 6.07 Å². The van der Waals surface area contributed by atoms with Crippen LogP contribution >= 0.6 is 0 Å². The van der Waals surface area contributed by atoms with E-state index in [0.29, 0.717) is 50.6 Å². The van der Waals surface area contributed by atoms with Crippen molar-refractivity contribution in [2.75, 3.05) is 13.7 Å². The Morgan fingerprint density at radius 1 is 1.17 bits per heavy atom. The standard InChI is InChI=1S/C26H35F3N2O5/c1-24(2,3)36-23(34)30-20-9-12-25(15-20,11-5-6-21(32)35-4)22(33)31-13-10-17-7-8-19(26(27,28)29)14-18(17)16-31/h7-8,14,20H,5-6,9-13,15-16H2,1-4H3,(H,30,34)/t20-,25+/m1/s1. The van der Waals surface area contributed by atoms with Crippen molar-refractivity contribution >= 4 is 18.0 Å². The largest absolute Gasteiger partial charge is 0.469 e. The minimum Gasteiger partial charge on any atom is -0.469 e. The average Bonchev–Trinajstić information content (AvgIpc) is 3.19. The van der Waals surface area contributed by atoms with E-state index in [0.717, 1.165) is 17.7 Å². The molecular formula is C26H35F3N2O5. The number of carbonyl (C=O) groups is 3. The Morgan fingerprint density at radius 3 is 2.53 bits per heavy atom. The van der Waals surface area contributed by atoms with E-state index in [4.69, 9.17) is 9.47 Å². The Morgan fingerprint density at radius 2 is 1.89 bits per heavy atom. The molecule has 36 heavy (non-hydrogen) atoms. The Labute approximate surface area is 209 Å². The fourth-order valence-corrected chi connectivity index (χ4v) is 5.17. The van der Waals surface area contributed by atoms with Crippen molar-refractivity contribution in [1.82, 2.24) is 10.2 Å². The molecule has 0 spiro atoms. The van der Waals surface area contributed by atoms with Crippen molar-refractivity contribution in [3.05, 3.63) is 34.9 Å². The summed E-state index contributed by atoms with van der Waals surface area (Å²) in [5.41, 5.74) is -0.913. The second kappa shape index (κ2) is 10.7. The molecule has 0 radical (unpaired) electrons. The third-order valence-electron chi connectivity index (χ3n) is 6.88. The van der Waals surface area contributed by atoms with Gasteiger partial charge in [0.1, 0.15) is 5.60 Å². The van der Waals surface area contributed by atoms with E-state index in [1.54, 1.807) is 25.7 Å². The molecule has 0 aromatic heterocycles. The molecule has 200 valence electrons. The fraction of sp³-hybridized carbons (Fsp3) is 0.654. The van der Waals surface area contributed by atoms with Crippen LogP contribution in [0.3, 0.4) is 0 Å². The maximum atomic E-state index is 13.9. The topological polar surface area (TPSA) is 84.9 Å². The van der Waals surface area contributed by atoms with Gasteiger partial charge in [-0.15, -0.1) is 0 Å². The highest BCUT2D eigenvalue weighted by atomic mass is 19.4. The molecule has 1 N–H and O–H groups in total. The molecule has 10 heteroatoms. The molecule has 1 aromatic carbocycles. The zero-order chi connectivity index (χ0) is 26.7. The maximum Gasteiger partial charge on any atom is 0.416 e. The van der Waals surface area contributed by atoms with Crippen LogP contribution < -0.4 is 5.32 Å². The smallest absolute Gasteiger partial charge is 0.416 e. The van der Waals surface area contributed by atoms with Gasteiger partial charge in [0.2, 0.25) is 5.91 Å². The number of esters is 1. The Balaban J connectivity index is 1.77. The first kappa shape index (κ1) is 27.8. The van der Waals surface area contributed by atoms with Crippen LogP contribution in [0.25, 0.3) is 0 Å². The van der Waals surface area contributed by atoms with Crippen molar-refractivity contribution in [2.45, 2.75) is 90.1 Å². The van der Waals surface area contributed by atoms with Gasteiger partial charge in [-0.3, -0.25) is 9.59 Å². The molecule has 1 fully saturated rings. The zero-order valence-corrected chi connectivity index (χ0v) is 21.3. The number of fused-ring (bicyclic) bond motifs is 1. The van der Waals surface area contributed by atoms with Gasteiger partial charge in [0.05, 0.1) is 18.1 Å². The molecule has 1 heterocycles. The summed E-state index contributed by atoms with van der Waals surface area (Å²) in [7, 11) is 1.31. The molecule has 2 atom stereocenters. The number of halogens is 3. The number of nitrogens with zero attached hydrogens (tertiary/aromatic N) is 1. The summed E-state index contributed by atoms with van der Waals surface area (Å²) in [6, 6.07) is 3.41. The second-order valence-corrected chi connectivity index (χ2v) is 10.8. The molecule has 0 saturated heterocycles. The lowest BCUT2D eigenvalue weighted by Gasteiger charge is -2.37. The van der Waals surface area contributed by atoms with Crippen LogP contribution in [0.15, 0.2) is 18.2 Å². The highest BCUT2D eigenvalue weighted by molar-refractivity contribution is 5.84. The van der Waals surface area contributed by atoms with E-state index in [-0.39, 0.29) is 30.9 Å². The number of alkyl carbamates (subject to hydrolysis) is 1. The van der Waals surface area contributed by atoms with Crippen molar-refractivity contribution < 1.29 is 37.0 Å². The summed E-state index contributed by atoms with van der Waals surface area (Å²) in [6.07, 6.45) is -2.10. The summed E-state index contributed by atoms with van der Waals surface area (Å²) in [4.78, 5) is 39.5. The summed E-state index contributed by atoms with van der Waals surface area (Å²) in [5, 5.41) is 2.85. The van der Waals surface area contributed by atoms with Crippen molar-refractivity contribution in [1.29, 1.82) is 0 Å².